The number of carboxylic acid groups (broad SMARTS) is 1. The summed E-state index contributed by atoms with van der Waals surface area (Å²) in [6.45, 7) is 2.75. The van der Waals surface area contributed by atoms with E-state index in [9.17, 15) is 4.79 Å². The Morgan fingerprint density at radius 1 is 1.25 bits per heavy atom. The molecule has 1 N–H and O–H groups in total. The van der Waals surface area contributed by atoms with Crippen LogP contribution in [0.2, 0.25) is 10.0 Å². The first kappa shape index (κ1) is 23.2. The lowest BCUT2D eigenvalue weighted by Gasteiger charge is -2.08. The van der Waals surface area contributed by atoms with Crippen LogP contribution >= 0.6 is 34.5 Å². The summed E-state index contributed by atoms with van der Waals surface area (Å²) in [7, 11) is 0. The Bertz CT molecular complexity index is 1090. The molecule has 2 aromatic heterocycles. The largest absolute Gasteiger partial charge is 0.477 e. The molecule has 6 nitrogen and oxygen atoms in total. The summed E-state index contributed by atoms with van der Waals surface area (Å²) in [5, 5.41) is 15.4. The van der Waals surface area contributed by atoms with E-state index in [-0.39, 0.29) is 0 Å². The van der Waals surface area contributed by atoms with Crippen molar-refractivity contribution in [1.29, 1.82) is 0 Å². The fraction of sp³-hybridized carbons (Fsp3) is 0.435. The van der Waals surface area contributed by atoms with Gasteiger partial charge in [0.15, 0.2) is 0 Å². The summed E-state index contributed by atoms with van der Waals surface area (Å²) in [6, 6.07) is 5.40. The average Bonchev–Trinajstić information content (AvgIpc) is 3.40. The number of aromatic nitrogens is 2. The summed E-state index contributed by atoms with van der Waals surface area (Å²) in [5.74, 6) is 0.370. The third-order valence-corrected chi connectivity index (χ3v) is 7.26. The Balaban J connectivity index is 1.29. The van der Waals surface area contributed by atoms with Crippen molar-refractivity contribution in [1.82, 2.24) is 10.1 Å². The van der Waals surface area contributed by atoms with Crippen LogP contribution in [0, 0.1) is 6.92 Å². The summed E-state index contributed by atoms with van der Waals surface area (Å²) in [4.78, 5) is 15.8. The quantitative estimate of drug-likeness (QED) is 0.291. The molecule has 0 radical (unpaired) electrons. The highest BCUT2D eigenvalue weighted by Crippen LogP contribution is 2.46. The summed E-state index contributed by atoms with van der Waals surface area (Å²) < 4.78 is 11.6. The molecule has 0 spiro atoms. The monoisotopic (exact) mass is 494 g/mol. The SMILES string of the molecule is Cc1nc(CCCCCOCc2c(-c3c(Cl)cccc3Cl)noc2C2CC2)sc1C(=O)O. The first-order valence-electron chi connectivity index (χ1n) is 10.7. The van der Waals surface area contributed by atoms with Crippen LogP contribution in [-0.2, 0) is 17.8 Å². The molecule has 0 unspecified atom stereocenters. The van der Waals surface area contributed by atoms with Gasteiger partial charge in [0.1, 0.15) is 16.3 Å². The molecule has 0 aliphatic heterocycles. The van der Waals surface area contributed by atoms with Crippen molar-refractivity contribution in [2.45, 2.75) is 58.0 Å². The van der Waals surface area contributed by atoms with Crippen molar-refractivity contribution in [2.75, 3.05) is 6.61 Å². The summed E-state index contributed by atoms with van der Waals surface area (Å²) in [6.07, 6.45) is 5.79. The number of thiazole rings is 1. The molecule has 0 bridgehead atoms. The third kappa shape index (κ3) is 5.34. The van der Waals surface area contributed by atoms with Gasteiger partial charge < -0.3 is 14.4 Å². The molecule has 1 fully saturated rings. The van der Waals surface area contributed by atoms with Gasteiger partial charge in [-0.05, 0) is 51.2 Å². The number of hydrogen-bond acceptors (Lipinski definition) is 6. The first-order chi connectivity index (χ1) is 15.5. The Kier molecular flexibility index (Phi) is 7.51. The minimum absolute atomic E-state index is 0.331. The van der Waals surface area contributed by atoms with Gasteiger partial charge in [-0.2, -0.15) is 0 Å². The van der Waals surface area contributed by atoms with Gasteiger partial charge in [0.2, 0.25) is 0 Å². The van der Waals surface area contributed by atoms with E-state index in [1.807, 2.05) is 6.07 Å². The predicted molar refractivity (Wildman–Crippen MR) is 125 cm³/mol. The standard InChI is InChI=1S/C23H24Cl2N2O4S/c1-13-22(23(28)29)32-18(26-13)8-3-2-4-11-30-12-15-20(27-31-21(15)14-9-10-14)19-16(24)6-5-7-17(19)25/h5-7,14H,2-4,8-12H2,1H3,(H,28,29). The van der Waals surface area contributed by atoms with Gasteiger partial charge in [-0.15, -0.1) is 11.3 Å². The Morgan fingerprint density at radius 2 is 2.00 bits per heavy atom. The highest BCUT2D eigenvalue weighted by atomic mass is 35.5. The molecule has 1 saturated carbocycles. The van der Waals surface area contributed by atoms with Gasteiger partial charge in [-0.1, -0.05) is 40.8 Å². The topological polar surface area (TPSA) is 85.5 Å². The fourth-order valence-electron chi connectivity index (χ4n) is 3.64. The molecule has 0 atom stereocenters. The number of nitrogens with zero attached hydrogens (tertiary/aromatic N) is 2. The van der Waals surface area contributed by atoms with Crippen molar-refractivity contribution in [3.63, 3.8) is 0 Å². The van der Waals surface area contributed by atoms with Crippen LogP contribution in [0.4, 0.5) is 0 Å². The van der Waals surface area contributed by atoms with E-state index >= 15 is 0 Å². The lowest BCUT2D eigenvalue weighted by atomic mass is 10.0. The molecule has 170 valence electrons. The molecule has 0 saturated heterocycles. The van der Waals surface area contributed by atoms with Crippen LogP contribution in [-0.4, -0.2) is 27.8 Å². The van der Waals surface area contributed by atoms with Crippen LogP contribution in [0.25, 0.3) is 11.3 Å². The second kappa shape index (κ2) is 10.3. The van der Waals surface area contributed by atoms with Crippen LogP contribution in [0.5, 0.6) is 0 Å². The van der Waals surface area contributed by atoms with Crippen molar-refractivity contribution < 1.29 is 19.2 Å². The number of halogens is 2. The van der Waals surface area contributed by atoms with Crippen LogP contribution in [0.15, 0.2) is 22.7 Å². The number of rotatable bonds is 11. The number of benzene rings is 1. The van der Waals surface area contributed by atoms with Crippen molar-refractivity contribution in [2.24, 2.45) is 0 Å². The van der Waals surface area contributed by atoms with Crippen molar-refractivity contribution in [3.8, 4) is 11.3 Å². The number of unbranched alkanes of at least 4 members (excludes halogenated alkanes) is 2. The van der Waals surface area contributed by atoms with E-state index in [4.69, 9.17) is 37.6 Å². The second-order valence-corrected chi connectivity index (χ2v) is 9.83. The highest BCUT2D eigenvalue weighted by molar-refractivity contribution is 7.13. The van der Waals surface area contributed by atoms with E-state index < -0.39 is 5.97 Å². The summed E-state index contributed by atoms with van der Waals surface area (Å²) in [5.41, 5.74) is 2.87. The second-order valence-electron chi connectivity index (χ2n) is 7.94. The summed E-state index contributed by atoms with van der Waals surface area (Å²) >= 11 is 14.1. The van der Waals surface area contributed by atoms with E-state index in [2.05, 4.69) is 10.1 Å². The number of ether oxygens (including phenoxy) is 1. The number of hydrogen-bond donors (Lipinski definition) is 1. The van der Waals surface area contributed by atoms with Gasteiger partial charge in [-0.25, -0.2) is 9.78 Å². The zero-order valence-electron chi connectivity index (χ0n) is 17.7. The molecule has 0 amide bonds. The highest BCUT2D eigenvalue weighted by Gasteiger charge is 2.33. The number of aromatic carboxylic acids is 1. The van der Waals surface area contributed by atoms with Gasteiger partial charge in [0.05, 0.1) is 27.4 Å². The fourth-order valence-corrected chi connectivity index (χ4v) is 5.16. The number of carboxylic acids is 1. The minimum atomic E-state index is -0.906. The zero-order chi connectivity index (χ0) is 22.7. The maximum absolute atomic E-state index is 11.1. The van der Waals surface area contributed by atoms with Crippen LogP contribution < -0.4 is 0 Å². The average molecular weight is 495 g/mol. The predicted octanol–water partition coefficient (Wildman–Crippen LogP) is 6.92. The maximum Gasteiger partial charge on any atom is 0.347 e. The Hall–Kier alpha value is -1.93. The lowest BCUT2D eigenvalue weighted by Crippen LogP contribution is -1.99. The first-order valence-corrected chi connectivity index (χ1v) is 12.2. The molecule has 1 aliphatic rings. The third-order valence-electron chi connectivity index (χ3n) is 5.43. The van der Waals surface area contributed by atoms with Crippen LogP contribution in [0.3, 0.4) is 0 Å². The Labute approximate surface area is 200 Å². The van der Waals surface area contributed by atoms with Gasteiger partial charge in [0.25, 0.3) is 0 Å². The smallest absolute Gasteiger partial charge is 0.347 e. The van der Waals surface area contributed by atoms with E-state index in [1.54, 1.807) is 19.1 Å². The number of carbonyl (C=O) groups is 1. The van der Waals surface area contributed by atoms with E-state index in [0.29, 0.717) is 51.0 Å². The molecule has 2 heterocycles. The molecule has 1 aliphatic carbocycles. The van der Waals surface area contributed by atoms with Crippen molar-refractivity contribution in [3.05, 3.63) is 55.1 Å². The molecule has 4 rings (SSSR count). The molecule has 32 heavy (non-hydrogen) atoms. The normalized spacial score (nSPS) is 13.6. The lowest BCUT2D eigenvalue weighted by molar-refractivity contribution is 0.0701. The zero-order valence-corrected chi connectivity index (χ0v) is 20.0. The Morgan fingerprint density at radius 3 is 2.66 bits per heavy atom. The van der Waals surface area contributed by atoms with Crippen LogP contribution in [0.1, 0.15) is 69.7 Å². The molecule has 9 heteroatoms. The van der Waals surface area contributed by atoms with E-state index in [0.717, 1.165) is 54.9 Å². The maximum atomic E-state index is 11.1. The van der Waals surface area contributed by atoms with Gasteiger partial charge >= 0.3 is 5.97 Å². The van der Waals surface area contributed by atoms with E-state index in [1.165, 1.54) is 11.3 Å². The molecule has 1 aromatic carbocycles. The molecular formula is C23H24Cl2N2O4S. The molecule has 3 aromatic rings. The van der Waals surface area contributed by atoms with Gasteiger partial charge in [0, 0.05) is 23.7 Å². The molecular weight excluding hydrogens is 471 g/mol. The van der Waals surface area contributed by atoms with Gasteiger partial charge in [-0.3, -0.25) is 0 Å². The van der Waals surface area contributed by atoms with Crippen molar-refractivity contribution >= 4 is 40.5 Å². The minimum Gasteiger partial charge on any atom is -0.477 e. The number of aryl methyl sites for hydroxylation is 2.